The van der Waals surface area contributed by atoms with E-state index in [1.165, 1.54) is 7.05 Å². The van der Waals surface area contributed by atoms with E-state index in [0.29, 0.717) is 22.2 Å². The number of rotatable bonds is 2. The van der Waals surface area contributed by atoms with E-state index in [-0.39, 0.29) is 5.56 Å². The van der Waals surface area contributed by atoms with Gasteiger partial charge in [0.2, 0.25) is 0 Å². The Morgan fingerprint density at radius 1 is 1.26 bits per heavy atom. The first-order chi connectivity index (χ1) is 10.5. The van der Waals surface area contributed by atoms with Crippen LogP contribution < -0.4 is 11.2 Å². The highest BCUT2D eigenvalue weighted by molar-refractivity contribution is 7.85. The molecule has 0 aliphatic rings. The van der Waals surface area contributed by atoms with Gasteiger partial charge in [0.1, 0.15) is 11.0 Å². The molecule has 1 unspecified atom stereocenters. The van der Waals surface area contributed by atoms with Crippen LogP contribution in [0.1, 0.15) is 38.8 Å². The van der Waals surface area contributed by atoms with Crippen LogP contribution in [0.5, 0.6) is 0 Å². The summed E-state index contributed by atoms with van der Waals surface area (Å²) in [7, 11) is 0.00888. The SMILES string of the molecule is CC(=NS(=O)C(C)(C)C)c1cc(C)cc2c(=O)n(C)c(=O)[nH]c12. The molecule has 0 radical (unpaired) electrons. The quantitative estimate of drug-likeness (QED) is 0.849. The zero-order valence-corrected chi connectivity index (χ0v) is 15.0. The monoisotopic (exact) mass is 335 g/mol. The average molecular weight is 335 g/mol. The molecule has 6 nitrogen and oxygen atoms in total. The van der Waals surface area contributed by atoms with E-state index in [1.807, 2.05) is 33.8 Å². The number of aromatic amines is 1. The topological polar surface area (TPSA) is 84.3 Å². The number of fused-ring (bicyclic) bond motifs is 1. The maximum atomic E-state index is 12.3. The number of aryl methyl sites for hydroxylation is 1. The second kappa shape index (κ2) is 5.88. The van der Waals surface area contributed by atoms with Crippen molar-refractivity contribution in [2.75, 3.05) is 0 Å². The Hall–Kier alpha value is -2.02. The fourth-order valence-electron chi connectivity index (χ4n) is 2.15. The number of nitrogens with one attached hydrogen (secondary N) is 1. The van der Waals surface area contributed by atoms with Crippen LogP contribution in [-0.2, 0) is 18.0 Å². The number of nitrogens with zero attached hydrogens (tertiary/aromatic N) is 2. The van der Waals surface area contributed by atoms with Crippen molar-refractivity contribution in [3.63, 3.8) is 0 Å². The zero-order valence-electron chi connectivity index (χ0n) is 14.2. The Kier molecular flexibility index (Phi) is 4.43. The van der Waals surface area contributed by atoms with Crippen molar-refractivity contribution in [1.82, 2.24) is 9.55 Å². The number of benzene rings is 1. The predicted molar refractivity (Wildman–Crippen MR) is 94.7 cm³/mol. The summed E-state index contributed by atoms with van der Waals surface area (Å²) in [6.07, 6.45) is 0. The second-order valence-corrected chi connectivity index (χ2v) is 8.47. The first-order valence-electron chi connectivity index (χ1n) is 7.23. The van der Waals surface area contributed by atoms with Crippen LogP contribution in [0.25, 0.3) is 10.9 Å². The minimum Gasteiger partial charge on any atom is -0.306 e. The molecular weight excluding hydrogens is 314 g/mol. The summed E-state index contributed by atoms with van der Waals surface area (Å²) in [5.74, 6) is 0. The van der Waals surface area contributed by atoms with E-state index < -0.39 is 21.4 Å². The lowest BCUT2D eigenvalue weighted by Crippen LogP contribution is -2.33. The molecule has 1 atom stereocenters. The molecule has 0 fully saturated rings. The third-order valence-electron chi connectivity index (χ3n) is 3.49. The molecule has 1 heterocycles. The first-order valence-corrected chi connectivity index (χ1v) is 8.34. The average Bonchev–Trinajstić information content (AvgIpc) is 2.44. The van der Waals surface area contributed by atoms with Crippen molar-refractivity contribution in [1.29, 1.82) is 0 Å². The molecule has 1 N–H and O–H groups in total. The van der Waals surface area contributed by atoms with E-state index in [4.69, 9.17) is 0 Å². The number of aromatic nitrogens is 2. The minimum absolute atomic E-state index is 0.363. The maximum Gasteiger partial charge on any atom is 0.328 e. The molecule has 1 aromatic carbocycles. The van der Waals surface area contributed by atoms with Gasteiger partial charge >= 0.3 is 5.69 Å². The van der Waals surface area contributed by atoms with Crippen LogP contribution in [0.4, 0.5) is 0 Å². The lowest BCUT2D eigenvalue weighted by molar-refractivity contribution is 0.650. The van der Waals surface area contributed by atoms with Crippen molar-refractivity contribution in [2.45, 2.75) is 39.4 Å². The van der Waals surface area contributed by atoms with E-state index >= 15 is 0 Å². The molecule has 124 valence electrons. The van der Waals surface area contributed by atoms with Gasteiger partial charge in [-0.3, -0.25) is 9.36 Å². The van der Waals surface area contributed by atoms with Crippen LogP contribution >= 0.6 is 0 Å². The van der Waals surface area contributed by atoms with Gasteiger partial charge in [0, 0.05) is 12.6 Å². The predicted octanol–water partition coefficient (Wildman–Crippen LogP) is 1.81. The fraction of sp³-hybridized carbons (Fsp3) is 0.438. The summed E-state index contributed by atoms with van der Waals surface area (Å²) in [5.41, 5.74) is 1.59. The van der Waals surface area contributed by atoms with Crippen molar-refractivity contribution < 1.29 is 4.21 Å². The van der Waals surface area contributed by atoms with E-state index in [2.05, 4.69) is 9.38 Å². The molecule has 7 heteroatoms. The zero-order chi connectivity index (χ0) is 17.5. The van der Waals surface area contributed by atoms with Crippen molar-refractivity contribution in [3.05, 3.63) is 44.1 Å². The Labute approximate surface area is 136 Å². The highest BCUT2D eigenvalue weighted by Crippen LogP contribution is 2.19. The van der Waals surface area contributed by atoms with Gasteiger partial charge in [-0.25, -0.2) is 9.00 Å². The molecule has 0 saturated carbocycles. The van der Waals surface area contributed by atoms with Gasteiger partial charge in [0.25, 0.3) is 5.56 Å². The Bertz CT molecular complexity index is 946. The summed E-state index contributed by atoms with van der Waals surface area (Å²) >= 11 is 0. The number of H-pyrrole nitrogens is 1. The lowest BCUT2D eigenvalue weighted by atomic mass is 10.0. The highest BCUT2D eigenvalue weighted by Gasteiger charge is 2.20. The summed E-state index contributed by atoms with van der Waals surface area (Å²) in [4.78, 5) is 26.9. The molecule has 0 amide bonds. The Balaban J connectivity index is 2.80. The van der Waals surface area contributed by atoms with Crippen molar-refractivity contribution in [3.8, 4) is 0 Å². The van der Waals surface area contributed by atoms with Crippen LogP contribution in [0, 0.1) is 6.92 Å². The summed E-state index contributed by atoms with van der Waals surface area (Å²) in [6.45, 7) is 9.11. The van der Waals surface area contributed by atoms with E-state index in [0.717, 1.165) is 10.1 Å². The lowest BCUT2D eigenvalue weighted by Gasteiger charge is -2.15. The van der Waals surface area contributed by atoms with Crippen LogP contribution in [0.3, 0.4) is 0 Å². The highest BCUT2D eigenvalue weighted by atomic mass is 32.2. The van der Waals surface area contributed by atoms with Gasteiger partial charge in [0.15, 0.2) is 0 Å². The fourth-order valence-corrected chi connectivity index (χ4v) is 2.77. The van der Waals surface area contributed by atoms with Gasteiger partial charge in [-0.15, -0.1) is 0 Å². The molecule has 1 aromatic heterocycles. The molecular formula is C16H21N3O3S. The van der Waals surface area contributed by atoms with E-state index in [1.54, 1.807) is 13.0 Å². The van der Waals surface area contributed by atoms with Crippen LogP contribution in [0.15, 0.2) is 26.1 Å². The largest absolute Gasteiger partial charge is 0.328 e. The summed E-state index contributed by atoms with van der Waals surface area (Å²) in [5, 5.41) is 0.415. The molecule has 0 aliphatic carbocycles. The van der Waals surface area contributed by atoms with Gasteiger partial charge in [-0.1, -0.05) is 0 Å². The summed E-state index contributed by atoms with van der Waals surface area (Å²) in [6, 6.07) is 3.56. The maximum absolute atomic E-state index is 12.3. The number of hydrogen-bond donors (Lipinski definition) is 1. The van der Waals surface area contributed by atoms with Crippen molar-refractivity contribution in [2.24, 2.45) is 11.4 Å². The smallest absolute Gasteiger partial charge is 0.306 e. The van der Waals surface area contributed by atoms with Crippen molar-refractivity contribution >= 4 is 27.6 Å². The van der Waals surface area contributed by atoms with Crippen LogP contribution in [0.2, 0.25) is 0 Å². The van der Waals surface area contributed by atoms with Gasteiger partial charge in [-0.05, 0) is 52.3 Å². The van der Waals surface area contributed by atoms with Gasteiger partial charge in [0.05, 0.1) is 21.4 Å². The molecule has 2 rings (SSSR count). The van der Waals surface area contributed by atoms with Crippen LogP contribution in [-0.4, -0.2) is 24.2 Å². The third-order valence-corrected chi connectivity index (χ3v) is 4.98. The van der Waals surface area contributed by atoms with Gasteiger partial charge in [-0.2, -0.15) is 4.40 Å². The molecule has 2 aromatic rings. The minimum atomic E-state index is -1.42. The molecule has 23 heavy (non-hydrogen) atoms. The molecule has 0 bridgehead atoms. The van der Waals surface area contributed by atoms with E-state index in [9.17, 15) is 13.8 Å². The standard InChI is InChI=1S/C16H21N3O3S/c1-9-7-11(10(2)18-23(22)16(3,4)5)13-12(8-9)14(20)19(6)15(21)17-13/h7-8H,1-6H3,(H,17,21). The Morgan fingerprint density at radius 2 is 1.87 bits per heavy atom. The van der Waals surface area contributed by atoms with Gasteiger partial charge < -0.3 is 4.98 Å². The Morgan fingerprint density at radius 3 is 2.43 bits per heavy atom. The molecule has 0 aliphatic heterocycles. The molecule has 0 spiro atoms. The summed E-state index contributed by atoms with van der Waals surface area (Å²) < 4.78 is 17.0. The third kappa shape index (κ3) is 3.34. The normalized spacial score (nSPS) is 14.3. The second-order valence-electron chi connectivity index (χ2n) is 6.57. The number of hydrogen-bond acceptors (Lipinski definition) is 3. The molecule has 0 saturated heterocycles. The first kappa shape index (κ1) is 17.3.